The normalized spacial score (nSPS) is 25.0. The number of nitrogens with zero attached hydrogens (tertiary/aromatic N) is 1. The van der Waals surface area contributed by atoms with Crippen LogP contribution in [0.25, 0.3) is 0 Å². The van der Waals surface area contributed by atoms with Crippen LogP contribution >= 0.6 is 0 Å². The summed E-state index contributed by atoms with van der Waals surface area (Å²) >= 11 is 0. The fourth-order valence-electron chi connectivity index (χ4n) is 3.09. The minimum atomic E-state index is -0.0995. The third-order valence-electron chi connectivity index (χ3n) is 4.43. The number of hydrogen-bond donors (Lipinski definition) is 2. The third-order valence-corrected chi connectivity index (χ3v) is 4.43. The Morgan fingerprint density at radius 2 is 2.08 bits per heavy atom. The van der Waals surface area contributed by atoms with Gasteiger partial charge in [-0.05, 0) is 18.3 Å². The van der Waals surface area contributed by atoms with E-state index in [9.17, 15) is 14.4 Å². The first kappa shape index (κ1) is 18.7. The van der Waals surface area contributed by atoms with E-state index < -0.39 is 0 Å². The second kappa shape index (κ2) is 8.46. The van der Waals surface area contributed by atoms with Gasteiger partial charge in [-0.3, -0.25) is 14.4 Å². The van der Waals surface area contributed by atoms with Gasteiger partial charge in [-0.2, -0.15) is 0 Å². The van der Waals surface area contributed by atoms with Crippen LogP contribution in [0.5, 0.6) is 0 Å². The molecule has 3 amide bonds. The van der Waals surface area contributed by atoms with Gasteiger partial charge >= 0.3 is 0 Å². The summed E-state index contributed by atoms with van der Waals surface area (Å²) in [5, 5.41) is 5.73. The van der Waals surface area contributed by atoms with Gasteiger partial charge in [-0.15, -0.1) is 0 Å². The molecule has 136 valence electrons. The van der Waals surface area contributed by atoms with Crippen LogP contribution in [0.4, 0.5) is 0 Å². The van der Waals surface area contributed by atoms with Gasteiger partial charge in [0, 0.05) is 25.9 Å². The maximum Gasteiger partial charge on any atom is 0.239 e. The van der Waals surface area contributed by atoms with Gasteiger partial charge in [0.2, 0.25) is 17.7 Å². The monoisotopic (exact) mass is 339 g/mol. The second-order valence-electron chi connectivity index (χ2n) is 7.35. The molecule has 2 aliphatic rings. The number of ether oxygens (including phenoxy) is 1. The first-order valence-corrected chi connectivity index (χ1v) is 8.80. The highest BCUT2D eigenvalue weighted by Crippen LogP contribution is 2.23. The van der Waals surface area contributed by atoms with Gasteiger partial charge < -0.3 is 20.3 Å². The fraction of sp³-hybridized carbons (Fsp3) is 0.824. The summed E-state index contributed by atoms with van der Waals surface area (Å²) in [6.07, 6.45) is 1.64. The number of nitrogens with one attached hydrogen (secondary N) is 2. The van der Waals surface area contributed by atoms with Crippen LogP contribution in [0.2, 0.25) is 0 Å². The van der Waals surface area contributed by atoms with Crippen molar-refractivity contribution < 1.29 is 19.1 Å². The van der Waals surface area contributed by atoms with Crippen molar-refractivity contribution in [3.8, 4) is 0 Å². The van der Waals surface area contributed by atoms with E-state index in [-0.39, 0.29) is 42.3 Å². The molecule has 0 radical (unpaired) electrons. The predicted molar refractivity (Wildman–Crippen MR) is 89.1 cm³/mol. The standard InChI is InChI=1S/C17H29N3O4/c1-11(2)6-15(21)19-13-10-24-14(13)7-12(3)8-17(23)20-5-4-18-16(22)9-20/h11-14H,4-10H2,1-3H3,(H,18,22)(H,19,21)/t12-,13?,14?/m0/s1. The Labute approximate surface area is 143 Å². The van der Waals surface area contributed by atoms with Crippen LogP contribution in [-0.4, -0.2) is 61.0 Å². The van der Waals surface area contributed by atoms with Crippen LogP contribution in [-0.2, 0) is 19.1 Å². The van der Waals surface area contributed by atoms with Gasteiger partial charge in [0.1, 0.15) is 0 Å². The average molecular weight is 339 g/mol. The molecule has 2 aliphatic heterocycles. The van der Waals surface area contributed by atoms with E-state index in [1.807, 2.05) is 20.8 Å². The second-order valence-corrected chi connectivity index (χ2v) is 7.35. The summed E-state index contributed by atoms with van der Waals surface area (Å²) in [5.74, 6) is 0.459. The number of carbonyl (C=O) groups excluding carboxylic acids is 3. The molecular weight excluding hydrogens is 310 g/mol. The summed E-state index contributed by atoms with van der Waals surface area (Å²) in [6, 6.07) is 0.0505. The SMILES string of the molecule is CC(C)CC(=O)NC1COC1C[C@H](C)CC(=O)N1CCNC(=O)C1. The average Bonchev–Trinajstić information content (AvgIpc) is 2.48. The fourth-order valence-corrected chi connectivity index (χ4v) is 3.09. The maximum atomic E-state index is 12.3. The van der Waals surface area contributed by atoms with E-state index in [4.69, 9.17) is 4.74 Å². The molecule has 0 aromatic rings. The lowest BCUT2D eigenvalue weighted by Gasteiger charge is -2.39. The molecule has 0 aromatic carbocycles. The van der Waals surface area contributed by atoms with Crippen molar-refractivity contribution in [3.05, 3.63) is 0 Å². The Bertz CT molecular complexity index is 480. The largest absolute Gasteiger partial charge is 0.374 e. The summed E-state index contributed by atoms with van der Waals surface area (Å²) in [4.78, 5) is 37.1. The van der Waals surface area contributed by atoms with Crippen molar-refractivity contribution in [3.63, 3.8) is 0 Å². The summed E-state index contributed by atoms with van der Waals surface area (Å²) in [5.41, 5.74) is 0. The number of hydrogen-bond acceptors (Lipinski definition) is 4. The van der Waals surface area contributed by atoms with E-state index in [1.165, 1.54) is 0 Å². The van der Waals surface area contributed by atoms with Crippen molar-refractivity contribution in [2.45, 2.75) is 52.2 Å². The van der Waals surface area contributed by atoms with Crippen molar-refractivity contribution in [1.29, 1.82) is 0 Å². The first-order chi connectivity index (χ1) is 11.3. The van der Waals surface area contributed by atoms with Crippen molar-refractivity contribution in [1.82, 2.24) is 15.5 Å². The van der Waals surface area contributed by atoms with Crippen LogP contribution in [0.15, 0.2) is 0 Å². The van der Waals surface area contributed by atoms with E-state index in [1.54, 1.807) is 4.90 Å². The highest BCUT2D eigenvalue weighted by Gasteiger charge is 2.35. The first-order valence-electron chi connectivity index (χ1n) is 8.80. The molecule has 3 atom stereocenters. The Hall–Kier alpha value is -1.63. The van der Waals surface area contributed by atoms with Gasteiger partial charge in [-0.1, -0.05) is 20.8 Å². The number of carbonyl (C=O) groups is 3. The molecule has 2 fully saturated rings. The third kappa shape index (κ3) is 5.47. The Kier molecular flexibility index (Phi) is 6.60. The molecule has 0 spiro atoms. The van der Waals surface area contributed by atoms with Crippen molar-refractivity contribution in [2.75, 3.05) is 26.2 Å². The van der Waals surface area contributed by atoms with Gasteiger partial charge in [0.05, 0.1) is 25.3 Å². The van der Waals surface area contributed by atoms with E-state index in [0.29, 0.717) is 38.5 Å². The van der Waals surface area contributed by atoms with Crippen molar-refractivity contribution >= 4 is 17.7 Å². The molecule has 24 heavy (non-hydrogen) atoms. The minimum absolute atomic E-state index is 0.0112. The molecule has 2 saturated heterocycles. The van der Waals surface area contributed by atoms with Gasteiger partial charge in [0.25, 0.3) is 0 Å². The highest BCUT2D eigenvalue weighted by atomic mass is 16.5. The molecule has 2 rings (SSSR count). The quantitative estimate of drug-likeness (QED) is 0.698. The van der Waals surface area contributed by atoms with Gasteiger partial charge in [-0.25, -0.2) is 0 Å². The molecule has 2 N–H and O–H groups in total. The number of piperazine rings is 1. The summed E-state index contributed by atoms with van der Waals surface area (Å²) in [6.45, 7) is 7.84. The highest BCUT2D eigenvalue weighted by molar-refractivity contribution is 5.86. The lowest BCUT2D eigenvalue weighted by Crippen LogP contribution is -2.56. The van der Waals surface area contributed by atoms with Crippen molar-refractivity contribution in [2.24, 2.45) is 11.8 Å². The summed E-state index contributed by atoms with van der Waals surface area (Å²) < 4.78 is 5.56. The lowest BCUT2D eigenvalue weighted by atomic mass is 9.92. The zero-order valence-electron chi connectivity index (χ0n) is 14.8. The van der Waals surface area contributed by atoms with E-state index >= 15 is 0 Å². The number of amides is 3. The number of rotatable bonds is 7. The zero-order chi connectivity index (χ0) is 17.7. The van der Waals surface area contributed by atoms with Crippen LogP contribution in [0.1, 0.15) is 40.0 Å². The molecule has 0 aliphatic carbocycles. The maximum absolute atomic E-state index is 12.3. The lowest BCUT2D eigenvalue weighted by molar-refractivity contribution is -0.141. The van der Waals surface area contributed by atoms with E-state index in [0.717, 1.165) is 6.42 Å². The predicted octanol–water partition coefficient (Wildman–Crippen LogP) is 0.291. The Morgan fingerprint density at radius 1 is 1.33 bits per heavy atom. The molecule has 0 aromatic heterocycles. The zero-order valence-corrected chi connectivity index (χ0v) is 14.8. The smallest absolute Gasteiger partial charge is 0.239 e. The van der Waals surface area contributed by atoms with E-state index in [2.05, 4.69) is 10.6 Å². The molecular formula is C17H29N3O4. The summed E-state index contributed by atoms with van der Waals surface area (Å²) in [7, 11) is 0. The van der Waals surface area contributed by atoms with Gasteiger partial charge in [0.15, 0.2) is 0 Å². The molecule has 0 bridgehead atoms. The molecule has 7 heteroatoms. The molecule has 2 heterocycles. The Balaban J connectivity index is 1.71. The molecule has 7 nitrogen and oxygen atoms in total. The Morgan fingerprint density at radius 3 is 2.67 bits per heavy atom. The topological polar surface area (TPSA) is 87.7 Å². The van der Waals surface area contributed by atoms with Crippen LogP contribution in [0, 0.1) is 11.8 Å². The molecule has 0 saturated carbocycles. The van der Waals surface area contributed by atoms with Crippen LogP contribution in [0.3, 0.4) is 0 Å². The minimum Gasteiger partial charge on any atom is -0.374 e. The molecule has 2 unspecified atom stereocenters. The van der Waals surface area contributed by atoms with Crippen LogP contribution < -0.4 is 10.6 Å².